The van der Waals surface area contributed by atoms with Crippen molar-refractivity contribution in [3.63, 3.8) is 0 Å². The molecule has 1 N–H and O–H groups in total. The number of carbonyl (C=O) groups excluding carboxylic acids is 2. The topological polar surface area (TPSA) is 89.0 Å². The van der Waals surface area contributed by atoms with Gasteiger partial charge in [-0.25, -0.2) is 4.98 Å². The maximum atomic E-state index is 13.6. The average Bonchev–Trinajstić information content (AvgIpc) is 3.46. The number of aliphatic hydroxyl groups excluding tert-OH is 1. The smallest absolute Gasteiger partial charge is 0.296 e. The van der Waals surface area contributed by atoms with Crippen molar-refractivity contribution in [1.29, 1.82) is 0 Å². The fourth-order valence-electron chi connectivity index (χ4n) is 4.79. The number of thiazole rings is 1. The van der Waals surface area contributed by atoms with Crippen LogP contribution < -0.4 is 14.4 Å². The Kier molecular flexibility index (Phi) is 7.21. The molecule has 1 aliphatic heterocycles. The van der Waals surface area contributed by atoms with E-state index in [1.807, 2.05) is 63.2 Å². The van der Waals surface area contributed by atoms with Crippen LogP contribution in [0.3, 0.4) is 0 Å². The molecule has 0 saturated carbocycles. The maximum Gasteiger partial charge on any atom is 0.296 e. The van der Waals surface area contributed by atoms with Crippen LogP contribution >= 0.6 is 11.3 Å². The van der Waals surface area contributed by atoms with Gasteiger partial charge in [-0.1, -0.05) is 59.9 Å². The van der Waals surface area contributed by atoms with Gasteiger partial charge in [0.2, 0.25) is 0 Å². The highest BCUT2D eigenvalue weighted by Gasteiger charge is 2.45. The highest BCUT2D eigenvalue weighted by molar-refractivity contribution is 7.22. The largest absolute Gasteiger partial charge is 0.503 e. The van der Waals surface area contributed by atoms with Gasteiger partial charge >= 0.3 is 0 Å². The lowest BCUT2D eigenvalue weighted by molar-refractivity contribution is -0.117. The summed E-state index contributed by atoms with van der Waals surface area (Å²) in [4.78, 5) is 33.3. The van der Waals surface area contributed by atoms with E-state index in [4.69, 9.17) is 14.5 Å². The fraction of sp³-hybridized carbons (Fsp3) is 0.194. The number of amides is 1. The minimum Gasteiger partial charge on any atom is -0.503 e. The fourth-order valence-corrected chi connectivity index (χ4v) is 5.95. The first-order valence-electron chi connectivity index (χ1n) is 12.5. The number of aryl methyl sites for hydroxylation is 2. The minimum atomic E-state index is -0.919. The lowest BCUT2D eigenvalue weighted by Gasteiger charge is -2.25. The summed E-state index contributed by atoms with van der Waals surface area (Å²) in [6, 6.07) is 17.7. The third kappa shape index (κ3) is 4.91. The lowest BCUT2D eigenvalue weighted by atomic mass is 9.95. The number of nitrogens with zero attached hydrogens (tertiary/aromatic N) is 2. The van der Waals surface area contributed by atoms with Gasteiger partial charge < -0.3 is 14.6 Å². The molecular weight excluding hydrogens is 512 g/mol. The highest BCUT2D eigenvalue weighted by Crippen LogP contribution is 2.45. The van der Waals surface area contributed by atoms with E-state index in [-0.39, 0.29) is 5.57 Å². The van der Waals surface area contributed by atoms with Crippen LogP contribution in [0.15, 0.2) is 78.1 Å². The van der Waals surface area contributed by atoms with Crippen molar-refractivity contribution in [2.45, 2.75) is 26.8 Å². The second kappa shape index (κ2) is 10.7. The second-order valence-electron chi connectivity index (χ2n) is 9.22. The molecule has 4 aromatic rings. The summed E-state index contributed by atoms with van der Waals surface area (Å²) in [5.74, 6) is -0.759. The Bertz CT molecular complexity index is 1640. The van der Waals surface area contributed by atoms with Crippen molar-refractivity contribution in [3.05, 3.63) is 100 Å². The zero-order chi connectivity index (χ0) is 27.7. The van der Waals surface area contributed by atoms with Crippen molar-refractivity contribution >= 4 is 44.5 Å². The summed E-state index contributed by atoms with van der Waals surface area (Å²) >= 11 is 1.34. The van der Waals surface area contributed by atoms with E-state index in [0.29, 0.717) is 28.8 Å². The molecule has 3 aromatic carbocycles. The molecule has 0 aliphatic carbocycles. The normalized spacial score (nSPS) is 15.5. The predicted molar refractivity (Wildman–Crippen MR) is 154 cm³/mol. The van der Waals surface area contributed by atoms with Gasteiger partial charge in [0.25, 0.3) is 5.91 Å². The summed E-state index contributed by atoms with van der Waals surface area (Å²) in [5, 5.41) is 11.5. The third-order valence-electron chi connectivity index (χ3n) is 6.53. The number of ketones is 1. The Hall–Kier alpha value is -4.43. The molecule has 5 rings (SSSR count). The van der Waals surface area contributed by atoms with Gasteiger partial charge in [-0.3, -0.25) is 14.5 Å². The highest BCUT2D eigenvalue weighted by atomic mass is 32.1. The number of methoxy groups -OCH3 is 1. The van der Waals surface area contributed by atoms with Crippen LogP contribution in [0.2, 0.25) is 0 Å². The van der Waals surface area contributed by atoms with Gasteiger partial charge in [-0.15, -0.1) is 0 Å². The van der Waals surface area contributed by atoms with Crippen LogP contribution in [0, 0.1) is 13.8 Å². The number of rotatable bonds is 8. The first-order chi connectivity index (χ1) is 18.8. The molecule has 39 heavy (non-hydrogen) atoms. The van der Waals surface area contributed by atoms with Crippen LogP contribution in [0.1, 0.15) is 35.2 Å². The van der Waals surface area contributed by atoms with E-state index in [1.165, 1.54) is 29.4 Å². The summed E-state index contributed by atoms with van der Waals surface area (Å²) < 4.78 is 12.1. The molecule has 2 heterocycles. The molecule has 1 atom stereocenters. The molecule has 8 heteroatoms. The number of carbonyl (C=O) groups is 2. The number of aliphatic hydroxyl groups is 1. The molecule has 1 amide bonds. The summed E-state index contributed by atoms with van der Waals surface area (Å²) in [6.07, 6.45) is 3.04. The SMILES string of the molecule is CCOc1ccc(C2C(C(=O)C=Cc3ccccc3)=C(O)C(=O)N2c2nc3c(C)cc(C)cc3s2)cc1OC. The number of anilines is 1. The van der Waals surface area contributed by atoms with Crippen molar-refractivity contribution in [2.24, 2.45) is 0 Å². The predicted octanol–water partition coefficient (Wildman–Crippen LogP) is 6.50. The first-order valence-corrected chi connectivity index (χ1v) is 13.4. The molecule has 1 unspecified atom stereocenters. The van der Waals surface area contributed by atoms with Crippen LogP contribution in [0.25, 0.3) is 16.3 Å². The third-order valence-corrected chi connectivity index (χ3v) is 7.53. The van der Waals surface area contributed by atoms with Crippen molar-refractivity contribution < 1.29 is 24.2 Å². The Labute approximate surface area is 230 Å². The van der Waals surface area contributed by atoms with Crippen LogP contribution in [-0.2, 0) is 9.59 Å². The van der Waals surface area contributed by atoms with E-state index in [0.717, 1.165) is 26.9 Å². The minimum absolute atomic E-state index is 0.0226. The summed E-state index contributed by atoms with van der Waals surface area (Å²) in [7, 11) is 1.53. The Morgan fingerprint density at radius 1 is 1.10 bits per heavy atom. The monoisotopic (exact) mass is 540 g/mol. The lowest BCUT2D eigenvalue weighted by Crippen LogP contribution is -2.30. The number of allylic oxidation sites excluding steroid dienone is 1. The van der Waals surface area contributed by atoms with E-state index < -0.39 is 23.5 Å². The summed E-state index contributed by atoms with van der Waals surface area (Å²) in [5.41, 5.74) is 4.22. The standard InChI is InChI=1S/C31H28N2O5S/c1-5-38-23-14-12-21(17-24(23)37-4)28-26(22(34)13-11-20-9-7-6-8-10-20)29(35)30(36)33(28)31-32-27-19(3)15-18(2)16-25(27)39-31/h6-17,28,35H,5H2,1-4H3. The Balaban J connectivity index is 1.65. The molecule has 0 fully saturated rings. The van der Waals surface area contributed by atoms with Gasteiger partial charge in [-0.05, 0) is 67.3 Å². The molecule has 0 saturated heterocycles. The molecular formula is C31H28N2O5S. The van der Waals surface area contributed by atoms with Gasteiger partial charge in [-0.2, -0.15) is 0 Å². The molecule has 0 bridgehead atoms. The molecule has 0 radical (unpaired) electrons. The summed E-state index contributed by atoms with van der Waals surface area (Å²) in [6.45, 7) is 6.30. The van der Waals surface area contributed by atoms with Gasteiger partial charge in [0, 0.05) is 0 Å². The number of benzene rings is 3. The molecule has 1 aliphatic rings. The van der Waals surface area contributed by atoms with E-state index in [1.54, 1.807) is 24.3 Å². The average molecular weight is 541 g/mol. The number of aromatic nitrogens is 1. The van der Waals surface area contributed by atoms with Crippen LogP contribution in [-0.4, -0.2) is 35.5 Å². The second-order valence-corrected chi connectivity index (χ2v) is 10.2. The van der Waals surface area contributed by atoms with E-state index >= 15 is 0 Å². The quantitative estimate of drug-likeness (QED) is 0.257. The Morgan fingerprint density at radius 3 is 2.59 bits per heavy atom. The van der Waals surface area contributed by atoms with Crippen molar-refractivity contribution in [3.8, 4) is 11.5 Å². The molecule has 198 valence electrons. The number of hydrogen-bond acceptors (Lipinski definition) is 7. The van der Waals surface area contributed by atoms with E-state index in [9.17, 15) is 14.7 Å². The maximum absolute atomic E-state index is 13.6. The zero-order valence-electron chi connectivity index (χ0n) is 22.1. The molecule has 1 aromatic heterocycles. The van der Waals surface area contributed by atoms with Crippen LogP contribution in [0.4, 0.5) is 5.13 Å². The van der Waals surface area contributed by atoms with E-state index in [2.05, 4.69) is 0 Å². The first kappa shape index (κ1) is 26.2. The number of hydrogen-bond donors (Lipinski definition) is 1. The number of fused-ring (bicyclic) bond motifs is 1. The number of ether oxygens (including phenoxy) is 2. The zero-order valence-corrected chi connectivity index (χ0v) is 22.9. The van der Waals surface area contributed by atoms with Gasteiger partial charge in [0.1, 0.15) is 0 Å². The van der Waals surface area contributed by atoms with Gasteiger partial charge in [0.05, 0.1) is 35.5 Å². The van der Waals surface area contributed by atoms with Crippen molar-refractivity contribution in [2.75, 3.05) is 18.6 Å². The molecule has 0 spiro atoms. The van der Waals surface area contributed by atoms with Gasteiger partial charge in [0.15, 0.2) is 28.2 Å². The van der Waals surface area contributed by atoms with Crippen molar-refractivity contribution in [1.82, 2.24) is 4.98 Å². The Morgan fingerprint density at radius 2 is 1.87 bits per heavy atom. The molecule has 7 nitrogen and oxygen atoms in total. The van der Waals surface area contributed by atoms with Crippen LogP contribution in [0.5, 0.6) is 11.5 Å².